The minimum absolute atomic E-state index is 0.0323. The Morgan fingerprint density at radius 2 is 1.85 bits per heavy atom. The van der Waals surface area contributed by atoms with E-state index in [2.05, 4.69) is 24.1 Å². The zero-order valence-corrected chi connectivity index (χ0v) is 12.4. The molecule has 1 heterocycles. The van der Waals surface area contributed by atoms with Gasteiger partial charge in [0.2, 0.25) is 0 Å². The third kappa shape index (κ3) is 4.09. The van der Waals surface area contributed by atoms with Crippen molar-refractivity contribution < 1.29 is 17.9 Å². The Hall–Kier alpha value is -0.330. The highest BCUT2D eigenvalue weighted by Gasteiger charge is 2.43. The molecule has 0 aromatic rings. The van der Waals surface area contributed by atoms with E-state index >= 15 is 0 Å². The zero-order chi connectivity index (χ0) is 14.9. The van der Waals surface area contributed by atoms with Crippen LogP contribution in [0, 0.1) is 0 Å². The quantitative estimate of drug-likeness (QED) is 0.807. The van der Waals surface area contributed by atoms with Crippen LogP contribution in [0.4, 0.5) is 13.2 Å². The van der Waals surface area contributed by atoms with Crippen LogP contribution in [0.2, 0.25) is 0 Å². The lowest BCUT2D eigenvalue weighted by Gasteiger charge is -2.51. The monoisotopic (exact) mass is 294 g/mol. The second-order valence-corrected chi connectivity index (χ2v) is 6.74. The topological polar surface area (TPSA) is 24.5 Å². The van der Waals surface area contributed by atoms with E-state index in [1.807, 2.05) is 0 Å². The molecular weight excluding hydrogens is 269 g/mol. The summed E-state index contributed by atoms with van der Waals surface area (Å²) in [6, 6.07) is 0. The Labute approximate surface area is 118 Å². The molecule has 1 aliphatic carbocycles. The molecule has 0 amide bonds. The smallest absolute Gasteiger partial charge is 0.371 e. The van der Waals surface area contributed by atoms with Crippen LogP contribution in [0.1, 0.15) is 39.5 Å². The van der Waals surface area contributed by atoms with Crippen molar-refractivity contribution in [2.75, 3.05) is 32.8 Å². The van der Waals surface area contributed by atoms with Crippen LogP contribution in [-0.4, -0.2) is 55.0 Å². The predicted octanol–water partition coefficient (Wildman–Crippen LogP) is 2.56. The highest BCUT2D eigenvalue weighted by atomic mass is 19.4. The summed E-state index contributed by atoms with van der Waals surface area (Å²) in [5, 5.41) is 3.67. The molecule has 0 bridgehead atoms. The van der Waals surface area contributed by atoms with Gasteiger partial charge in [-0.05, 0) is 26.7 Å². The van der Waals surface area contributed by atoms with E-state index in [0.29, 0.717) is 6.54 Å². The van der Waals surface area contributed by atoms with Crippen LogP contribution in [0.25, 0.3) is 0 Å². The average molecular weight is 294 g/mol. The van der Waals surface area contributed by atoms with Crippen LogP contribution >= 0.6 is 0 Å². The van der Waals surface area contributed by atoms with Crippen molar-refractivity contribution in [2.45, 2.75) is 56.8 Å². The molecule has 0 aromatic carbocycles. The van der Waals surface area contributed by atoms with Gasteiger partial charge in [0, 0.05) is 30.7 Å². The first-order valence-electron chi connectivity index (χ1n) is 7.37. The lowest BCUT2D eigenvalue weighted by atomic mass is 9.87. The Morgan fingerprint density at radius 1 is 1.20 bits per heavy atom. The maximum Gasteiger partial charge on any atom is 0.411 e. The summed E-state index contributed by atoms with van der Waals surface area (Å²) in [5.41, 5.74) is 0.148. The van der Waals surface area contributed by atoms with E-state index in [9.17, 15) is 13.2 Å². The Kier molecular flexibility index (Phi) is 4.66. The summed E-state index contributed by atoms with van der Waals surface area (Å²) in [6.07, 6.45) is 0.593. The van der Waals surface area contributed by atoms with Crippen LogP contribution in [-0.2, 0) is 4.74 Å². The van der Waals surface area contributed by atoms with E-state index < -0.39 is 12.8 Å². The van der Waals surface area contributed by atoms with Crippen LogP contribution in [0.15, 0.2) is 0 Å². The van der Waals surface area contributed by atoms with Crippen molar-refractivity contribution in [3.8, 4) is 0 Å². The maximum atomic E-state index is 12.1. The summed E-state index contributed by atoms with van der Waals surface area (Å²) in [6.45, 7) is 5.61. The lowest BCUT2D eigenvalue weighted by Crippen LogP contribution is -2.67. The van der Waals surface area contributed by atoms with Gasteiger partial charge < -0.3 is 10.1 Å². The molecule has 118 valence electrons. The first-order valence-corrected chi connectivity index (χ1v) is 7.37. The Bertz CT molecular complexity index is 325. The highest BCUT2D eigenvalue weighted by molar-refractivity contribution is 5.04. The summed E-state index contributed by atoms with van der Waals surface area (Å²) < 4.78 is 41.0. The fourth-order valence-electron chi connectivity index (χ4n) is 3.28. The molecule has 0 radical (unpaired) electrons. The molecule has 1 N–H and O–H groups in total. The SMILES string of the molecule is CC1(C)CNC2(CCCC2)CN1CCOCC(F)(F)F. The van der Waals surface area contributed by atoms with Gasteiger partial charge in [0.1, 0.15) is 6.61 Å². The van der Waals surface area contributed by atoms with Gasteiger partial charge >= 0.3 is 6.18 Å². The molecular formula is C14H25F3N2O. The van der Waals surface area contributed by atoms with E-state index in [1.54, 1.807) is 0 Å². The maximum absolute atomic E-state index is 12.1. The average Bonchev–Trinajstić information content (AvgIpc) is 2.77. The van der Waals surface area contributed by atoms with Gasteiger partial charge in [-0.2, -0.15) is 13.2 Å². The molecule has 1 saturated heterocycles. The molecule has 1 saturated carbocycles. The zero-order valence-electron chi connectivity index (χ0n) is 12.4. The van der Waals surface area contributed by atoms with E-state index in [-0.39, 0.29) is 17.7 Å². The fourth-order valence-corrected chi connectivity index (χ4v) is 3.28. The molecule has 20 heavy (non-hydrogen) atoms. The van der Waals surface area contributed by atoms with Gasteiger partial charge in [-0.3, -0.25) is 4.90 Å². The van der Waals surface area contributed by atoms with Crippen molar-refractivity contribution in [1.82, 2.24) is 10.2 Å². The molecule has 0 aromatic heterocycles. The number of nitrogens with one attached hydrogen (secondary N) is 1. The van der Waals surface area contributed by atoms with Crippen LogP contribution in [0.5, 0.6) is 0 Å². The molecule has 0 atom stereocenters. The molecule has 2 aliphatic rings. The minimum atomic E-state index is -4.23. The van der Waals surface area contributed by atoms with Crippen molar-refractivity contribution >= 4 is 0 Å². The normalized spacial score (nSPS) is 26.2. The number of alkyl halides is 3. The summed E-state index contributed by atoms with van der Waals surface area (Å²) in [5.74, 6) is 0. The summed E-state index contributed by atoms with van der Waals surface area (Å²) in [4.78, 5) is 2.28. The number of rotatable bonds is 4. The lowest BCUT2D eigenvalue weighted by molar-refractivity contribution is -0.175. The first kappa shape index (κ1) is 16.0. The number of nitrogens with zero attached hydrogens (tertiary/aromatic N) is 1. The van der Waals surface area contributed by atoms with E-state index in [1.165, 1.54) is 25.7 Å². The fraction of sp³-hybridized carbons (Fsp3) is 1.00. The number of hydrogen-bond acceptors (Lipinski definition) is 3. The number of hydrogen-bond donors (Lipinski definition) is 1. The van der Waals surface area contributed by atoms with Gasteiger partial charge in [0.25, 0.3) is 0 Å². The predicted molar refractivity (Wildman–Crippen MR) is 71.7 cm³/mol. The summed E-state index contributed by atoms with van der Waals surface area (Å²) in [7, 11) is 0. The van der Waals surface area contributed by atoms with E-state index in [4.69, 9.17) is 4.74 Å². The van der Waals surface area contributed by atoms with Crippen molar-refractivity contribution in [3.05, 3.63) is 0 Å². The number of piperazine rings is 1. The Balaban J connectivity index is 1.83. The van der Waals surface area contributed by atoms with Crippen molar-refractivity contribution in [2.24, 2.45) is 0 Å². The standard InChI is InChI=1S/C14H25F3N2O/c1-12(2)9-18-13(5-3-4-6-13)10-19(12)7-8-20-11-14(15,16)17/h18H,3-11H2,1-2H3. The van der Waals surface area contributed by atoms with Gasteiger partial charge in [0.05, 0.1) is 6.61 Å². The van der Waals surface area contributed by atoms with Crippen molar-refractivity contribution in [1.29, 1.82) is 0 Å². The Morgan fingerprint density at radius 3 is 2.45 bits per heavy atom. The third-order valence-corrected chi connectivity index (χ3v) is 4.58. The molecule has 2 fully saturated rings. The van der Waals surface area contributed by atoms with Crippen LogP contribution < -0.4 is 5.32 Å². The number of ether oxygens (including phenoxy) is 1. The van der Waals surface area contributed by atoms with Crippen molar-refractivity contribution in [3.63, 3.8) is 0 Å². The molecule has 3 nitrogen and oxygen atoms in total. The highest BCUT2D eigenvalue weighted by Crippen LogP contribution is 2.35. The van der Waals surface area contributed by atoms with Crippen LogP contribution in [0.3, 0.4) is 0 Å². The molecule has 1 spiro atoms. The molecule has 6 heteroatoms. The third-order valence-electron chi connectivity index (χ3n) is 4.58. The molecule has 0 unspecified atom stereocenters. The summed E-state index contributed by atoms with van der Waals surface area (Å²) >= 11 is 0. The van der Waals surface area contributed by atoms with Gasteiger partial charge in [-0.1, -0.05) is 12.8 Å². The largest absolute Gasteiger partial charge is 0.411 e. The number of halogens is 3. The molecule has 2 rings (SSSR count). The minimum Gasteiger partial charge on any atom is -0.371 e. The second kappa shape index (κ2) is 5.81. The molecule has 1 aliphatic heterocycles. The first-order chi connectivity index (χ1) is 9.23. The van der Waals surface area contributed by atoms with Gasteiger partial charge in [-0.15, -0.1) is 0 Å². The van der Waals surface area contributed by atoms with Gasteiger partial charge in [-0.25, -0.2) is 0 Å². The second-order valence-electron chi connectivity index (χ2n) is 6.74. The van der Waals surface area contributed by atoms with Gasteiger partial charge in [0.15, 0.2) is 0 Å². The van der Waals surface area contributed by atoms with E-state index in [0.717, 1.165) is 13.1 Å².